The highest BCUT2D eigenvalue weighted by Gasteiger charge is 2.02. The van der Waals surface area contributed by atoms with Gasteiger partial charge in [-0.2, -0.15) is 5.10 Å². The largest absolute Gasteiger partial charge is 0.298 e. The molecule has 0 spiro atoms. The Labute approximate surface area is 88.4 Å². The average Bonchev–Trinajstić information content (AvgIpc) is 2.64. The Hall–Kier alpha value is -1.90. The van der Waals surface area contributed by atoms with Crippen LogP contribution in [-0.2, 0) is 0 Å². The number of aryl methyl sites for hydroxylation is 2. The highest BCUT2D eigenvalue weighted by molar-refractivity contribution is 5.75. The molecule has 76 valence electrons. The van der Waals surface area contributed by atoms with E-state index in [1.807, 2.05) is 42.9 Å². The summed E-state index contributed by atoms with van der Waals surface area (Å²) in [5.74, 6) is 0. The first-order chi connectivity index (χ1) is 7.20. The second kappa shape index (κ2) is 3.69. The molecule has 0 aliphatic rings. The van der Waals surface area contributed by atoms with Crippen LogP contribution in [0.1, 0.15) is 21.6 Å². The van der Waals surface area contributed by atoms with Gasteiger partial charge in [-0.3, -0.25) is 4.79 Å². The van der Waals surface area contributed by atoms with Gasteiger partial charge in [-0.15, -0.1) is 0 Å². The molecular weight excluding hydrogens is 188 g/mol. The highest BCUT2D eigenvalue weighted by Crippen LogP contribution is 2.14. The van der Waals surface area contributed by atoms with Crippen LogP contribution in [0.2, 0.25) is 0 Å². The number of aldehydes is 1. The summed E-state index contributed by atoms with van der Waals surface area (Å²) in [4.78, 5) is 10.6. The Kier molecular flexibility index (Phi) is 2.37. The Bertz CT molecular complexity index is 500. The van der Waals surface area contributed by atoms with Crippen molar-refractivity contribution < 1.29 is 4.79 Å². The number of benzene rings is 1. The van der Waals surface area contributed by atoms with Crippen LogP contribution in [0, 0.1) is 13.8 Å². The average molecular weight is 200 g/mol. The lowest BCUT2D eigenvalue weighted by Crippen LogP contribution is -1.98. The fraction of sp³-hybridized carbons (Fsp3) is 0.167. The van der Waals surface area contributed by atoms with Gasteiger partial charge in [0.25, 0.3) is 0 Å². The van der Waals surface area contributed by atoms with E-state index in [1.54, 1.807) is 6.07 Å². The van der Waals surface area contributed by atoms with Gasteiger partial charge < -0.3 is 0 Å². The Balaban J connectivity index is 2.49. The maximum absolute atomic E-state index is 10.6. The smallest absolute Gasteiger partial charge is 0.150 e. The van der Waals surface area contributed by atoms with E-state index < -0.39 is 0 Å². The summed E-state index contributed by atoms with van der Waals surface area (Å²) in [5.41, 5.74) is 3.73. The van der Waals surface area contributed by atoms with Gasteiger partial charge in [-0.05, 0) is 43.7 Å². The number of hydrogen-bond acceptors (Lipinski definition) is 2. The molecule has 1 aromatic heterocycles. The van der Waals surface area contributed by atoms with Gasteiger partial charge >= 0.3 is 0 Å². The first-order valence-corrected chi connectivity index (χ1v) is 4.79. The quantitative estimate of drug-likeness (QED) is 0.697. The zero-order valence-corrected chi connectivity index (χ0v) is 8.77. The molecule has 0 aliphatic carbocycles. The minimum atomic E-state index is 0.695. The van der Waals surface area contributed by atoms with Gasteiger partial charge in [0.05, 0.1) is 11.4 Å². The molecule has 2 rings (SSSR count). The van der Waals surface area contributed by atoms with E-state index in [9.17, 15) is 4.79 Å². The number of carbonyl (C=O) groups is 1. The summed E-state index contributed by atoms with van der Waals surface area (Å²) in [7, 11) is 0. The molecule has 0 amide bonds. The summed E-state index contributed by atoms with van der Waals surface area (Å²) in [6.45, 7) is 3.92. The van der Waals surface area contributed by atoms with Crippen molar-refractivity contribution in [3.05, 3.63) is 47.3 Å². The molecule has 3 heteroatoms. The number of aromatic nitrogens is 2. The third kappa shape index (κ3) is 1.81. The fourth-order valence-electron chi connectivity index (χ4n) is 1.56. The predicted octanol–water partition coefficient (Wildman–Crippen LogP) is 2.30. The Morgan fingerprint density at radius 2 is 2.07 bits per heavy atom. The van der Waals surface area contributed by atoms with Crippen molar-refractivity contribution in [2.45, 2.75) is 13.8 Å². The van der Waals surface area contributed by atoms with Crippen molar-refractivity contribution in [1.82, 2.24) is 9.78 Å². The highest BCUT2D eigenvalue weighted by atomic mass is 16.1. The monoisotopic (exact) mass is 200 g/mol. The topological polar surface area (TPSA) is 34.9 Å². The minimum absolute atomic E-state index is 0.695. The molecule has 0 N–H and O–H groups in total. The molecule has 1 aromatic carbocycles. The van der Waals surface area contributed by atoms with Gasteiger partial charge in [-0.1, -0.05) is 0 Å². The molecule has 0 atom stereocenters. The molecule has 0 radical (unpaired) electrons. The predicted molar refractivity (Wildman–Crippen MR) is 58.4 cm³/mol. The number of carbonyl (C=O) groups excluding carboxylic acids is 1. The zero-order chi connectivity index (χ0) is 10.8. The van der Waals surface area contributed by atoms with Crippen LogP contribution in [0.3, 0.4) is 0 Å². The maximum Gasteiger partial charge on any atom is 0.150 e. The van der Waals surface area contributed by atoms with Gasteiger partial charge in [0.2, 0.25) is 0 Å². The van der Waals surface area contributed by atoms with E-state index in [0.717, 1.165) is 23.2 Å². The van der Waals surface area contributed by atoms with Gasteiger partial charge in [-0.25, -0.2) is 4.68 Å². The summed E-state index contributed by atoms with van der Waals surface area (Å²) < 4.78 is 1.82. The third-order valence-electron chi connectivity index (χ3n) is 2.33. The van der Waals surface area contributed by atoms with Gasteiger partial charge in [0.15, 0.2) is 0 Å². The summed E-state index contributed by atoms with van der Waals surface area (Å²) in [5, 5.41) is 4.33. The van der Waals surface area contributed by atoms with E-state index in [2.05, 4.69) is 5.10 Å². The van der Waals surface area contributed by atoms with Crippen LogP contribution >= 0.6 is 0 Å². The normalized spacial score (nSPS) is 10.3. The number of nitrogens with zero attached hydrogens (tertiary/aromatic N) is 2. The standard InChI is InChI=1S/C12H12N2O/c1-9-7-11(8-15)3-4-12(9)14-6-5-10(2)13-14/h3-8H,1-2H3. The van der Waals surface area contributed by atoms with Crippen molar-refractivity contribution in [2.24, 2.45) is 0 Å². The lowest BCUT2D eigenvalue weighted by Gasteiger charge is -2.05. The van der Waals surface area contributed by atoms with E-state index in [-0.39, 0.29) is 0 Å². The second-order valence-electron chi connectivity index (χ2n) is 3.57. The van der Waals surface area contributed by atoms with E-state index in [4.69, 9.17) is 0 Å². The van der Waals surface area contributed by atoms with Crippen LogP contribution in [0.15, 0.2) is 30.5 Å². The van der Waals surface area contributed by atoms with Crippen molar-refractivity contribution in [3.63, 3.8) is 0 Å². The molecule has 0 fully saturated rings. The third-order valence-corrected chi connectivity index (χ3v) is 2.33. The molecule has 0 unspecified atom stereocenters. The molecular formula is C12H12N2O. The van der Waals surface area contributed by atoms with E-state index >= 15 is 0 Å². The van der Waals surface area contributed by atoms with Crippen LogP contribution in [0.4, 0.5) is 0 Å². The molecule has 3 nitrogen and oxygen atoms in total. The van der Waals surface area contributed by atoms with Crippen LogP contribution < -0.4 is 0 Å². The summed E-state index contributed by atoms with van der Waals surface area (Å²) >= 11 is 0. The molecule has 1 heterocycles. The van der Waals surface area contributed by atoms with Gasteiger partial charge in [0.1, 0.15) is 6.29 Å². The summed E-state index contributed by atoms with van der Waals surface area (Å²) in [6, 6.07) is 7.52. The molecule has 0 saturated heterocycles. The fourth-order valence-corrected chi connectivity index (χ4v) is 1.56. The second-order valence-corrected chi connectivity index (χ2v) is 3.57. The zero-order valence-electron chi connectivity index (χ0n) is 8.77. The molecule has 0 aliphatic heterocycles. The molecule has 2 aromatic rings. The van der Waals surface area contributed by atoms with Crippen molar-refractivity contribution in [3.8, 4) is 5.69 Å². The van der Waals surface area contributed by atoms with Crippen molar-refractivity contribution >= 4 is 6.29 Å². The van der Waals surface area contributed by atoms with E-state index in [0.29, 0.717) is 5.56 Å². The summed E-state index contributed by atoms with van der Waals surface area (Å²) in [6.07, 6.45) is 2.77. The Morgan fingerprint density at radius 1 is 1.27 bits per heavy atom. The molecule has 15 heavy (non-hydrogen) atoms. The maximum atomic E-state index is 10.6. The number of hydrogen-bond donors (Lipinski definition) is 0. The number of rotatable bonds is 2. The minimum Gasteiger partial charge on any atom is -0.298 e. The molecule has 0 bridgehead atoms. The Morgan fingerprint density at radius 3 is 2.60 bits per heavy atom. The van der Waals surface area contributed by atoms with Crippen LogP contribution in [0.25, 0.3) is 5.69 Å². The lowest BCUT2D eigenvalue weighted by molar-refractivity contribution is 0.112. The van der Waals surface area contributed by atoms with Crippen molar-refractivity contribution in [1.29, 1.82) is 0 Å². The van der Waals surface area contributed by atoms with Crippen LogP contribution in [0.5, 0.6) is 0 Å². The SMILES string of the molecule is Cc1ccn(-c2ccc(C=O)cc2C)n1. The van der Waals surface area contributed by atoms with E-state index in [1.165, 1.54) is 0 Å². The lowest BCUT2D eigenvalue weighted by atomic mass is 10.1. The van der Waals surface area contributed by atoms with Crippen molar-refractivity contribution in [2.75, 3.05) is 0 Å². The van der Waals surface area contributed by atoms with Crippen LogP contribution in [-0.4, -0.2) is 16.1 Å². The van der Waals surface area contributed by atoms with Gasteiger partial charge in [0, 0.05) is 11.8 Å². The first kappa shape index (κ1) is 9.65. The molecule has 0 saturated carbocycles. The first-order valence-electron chi connectivity index (χ1n) is 4.79.